The summed E-state index contributed by atoms with van der Waals surface area (Å²) in [5.74, 6) is 0.654. The molecule has 0 aliphatic carbocycles. The number of nitrogens with zero attached hydrogens (tertiary/aromatic N) is 2. The zero-order valence-electron chi connectivity index (χ0n) is 19.1. The van der Waals surface area contributed by atoms with Crippen molar-refractivity contribution in [3.05, 3.63) is 62.4 Å². The third-order valence-electron chi connectivity index (χ3n) is 5.28. The van der Waals surface area contributed by atoms with Gasteiger partial charge < -0.3 is 18.9 Å². The molecule has 1 aromatic heterocycles. The summed E-state index contributed by atoms with van der Waals surface area (Å²) in [6.45, 7) is 0.631. The molecule has 13 heteroatoms. The molecule has 0 saturated carbocycles. The number of carbonyl (C=O) groups is 2. The first-order chi connectivity index (χ1) is 17.0. The van der Waals surface area contributed by atoms with Crippen LogP contribution < -0.4 is 16.0 Å². The fraction of sp³-hybridized carbons (Fsp3) is 0.391. The van der Waals surface area contributed by atoms with Gasteiger partial charge in [-0.15, -0.1) is 6.42 Å². The highest BCUT2D eigenvalue weighted by atomic mass is 19.4. The van der Waals surface area contributed by atoms with Gasteiger partial charge >= 0.3 is 17.8 Å². The number of esters is 1. The van der Waals surface area contributed by atoms with Gasteiger partial charge in [-0.1, -0.05) is 5.92 Å². The second-order valence-corrected chi connectivity index (χ2v) is 7.63. The van der Waals surface area contributed by atoms with Gasteiger partial charge in [0.05, 0.1) is 13.2 Å². The minimum absolute atomic E-state index is 0.106. The number of rotatable bonds is 7. The van der Waals surface area contributed by atoms with Crippen molar-refractivity contribution in [1.82, 2.24) is 9.13 Å². The van der Waals surface area contributed by atoms with Crippen LogP contribution in [-0.4, -0.2) is 53.5 Å². The molecule has 1 aliphatic rings. The predicted molar refractivity (Wildman–Crippen MR) is 116 cm³/mol. The Bertz CT molecular complexity index is 1290. The second-order valence-electron chi connectivity index (χ2n) is 7.63. The van der Waals surface area contributed by atoms with E-state index in [0.29, 0.717) is 16.5 Å². The zero-order valence-corrected chi connectivity index (χ0v) is 19.1. The Morgan fingerprint density at radius 1 is 1.22 bits per heavy atom. The number of halogens is 3. The number of carbonyl (C=O) groups excluding carboxylic acids is 2. The molecule has 0 N–H and O–H groups in total. The summed E-state index contributed by atoms with van der Waals surface area (Å²) in [6.07, 6.45) is -3.12. The first kappa shape index (κ1) is 26.7. The Morgan fingerprint density at radius 2 is 1.89 bits per heavy atom. The van der Waals surface area contributed by atoms with Crippen LogP contribution in [0.4, 0.5) is 13.2 Å². The highest BCUT2D eigenvalue weighted by molar-refractivity contribution is 5.95. The highest BCUT2D eigenvalue weighted by Crippen LogP contribution is 2.32. The molecule has 2 heterocycles. The van der Waals surface area contributed by atoms with Crippen LogP contribution in [-0.2, 0) is 25.2 Å². The lowest BCUT2D eigenvalue weighted by Crippen LogP contribution is -2.47. The maximum absolute atomic E-state index is 13.7. The number of hydrogen-bond donors (Lipinski definition) is 0. The topological polar surface area (TPSA) is 115 Å². The summed E-state index contributed by atoms with van der Waals surface area (Å²) in [5, 5.41) is 0. The fourth-order valence-corrected chi connectivity index (χ4v) is 3.57. The Kier molecular flexibility index (Phi) is 8.01. The molecule has 0 spiro atoms. The van der Waals surface area contributed by atoms with Gasteiger partial charge in [0.1, 0.15) is 36.9 Å². The van der Waals surface area contributed by atoms with Crippen LogP contribution in [0, 0.1) is 12.3 Å². The molecule has 1 aromatic carbocycles. The second kappa shape index (κ2) is 10.8. The van der Waals surface area contributed by atoms with Gasteiger partial charge in [-0.05, 0) is 24.3 Å². The van der Waals surface area contributed by atoms with Crippen LogP contribution in [0.1, 0.15) is 35.5 Å². The largest absolute Gasteiger partial charge is 0.497 e. The van der Waals surface area contributed by atoms with Gasteiger partial charge in [-0.25, -0.2) is 4.79 Å². The smallest absolute Gasteiger partial charge is 0.423 e. The molecular weight excluding hydrogens is 489 g/mol. The monoisotopic (exact) mass is 510 g/mol. The fourth-order valence-electron chi connectivity index (χ4n) is 3.57. The normalized spacial score (nSPS) is 19.5. The first-order valence-electron chi connectivity index (χ1n) is 10.5. The van der Waals surface area contributed by atoms with Gasteiger partial charge in [-0.2, -0.15) is 17.7 Å². The van der Waals surface area contributed by atoms with Gasteiger partial charge in [0.25, 0.3) is 11.5 Å². The molecule has 0 radical (unpaired) electrons. The minimum Gasteiger partial charge on any atom is -0.497 e. The van der Waals surface area contributed by atoms with Crippen molar-refractivity contribution in [2.24, 2.45) is 0 Å². The Morgan fingerprint density at radius 3 is 2.44 bits per heavy atom. The molecule has 2 aromatic rings. The average molecular weight is 510 g/mol. The van der Waals surface area contributed by atoms with E-state index in [9.17, 15) is 32.3 Å². The lowest BCUT2D eigenvalue weighted by Gasteiger charge is -2.19. The Balaban J connectivity index is 2.09. The number of alkyl halides is 3. The maximum Gasteiger partial charge on any atom is 0.423 e. The van der Waals surface area contributed by atoms with Crippen molar-refractivity contribution in [3.63, 3.8) is 0 Å². The van der Waals surface area contributed by atoms with E-state index in [2.05, 4.69) is 5.92 Å². The van der Waals surface area contributed by atoms with Crippen molar-refractivity contribution < 1.29 is 41.7 Å². The van der Waals surface area contributed by atoms with Crippen molar-refractivity contribution in [1.29, 1.82) is 0 Å². The van der Waals surface area contributed by atoms with Crippen molar-refractivity contribution in [2.75, 3.05) is 20.3 Å². The number of hydrogen-bond acceptors (Lipinski definition) is 8. The summed E-state index contributed by atoms with van der Waals surface area (Å²) < 4.78 is 62.5. The van der Waals surface area contributed by atoms with Crippen molar-refractivity contribution in [2.45, 2.75) is 38.0 Å². The van der Waals surface area contributed by atoms with Crippen LogP contribution in [0.3, 0.4) is 0 Å². The lowest BCUT2D eigenvalue weighted by atomic mass is 10.2. The molecule has 0 amide bonds. The van der Waals surface area contributed by atoms with Gasteiger partial charge in [0, 0.05) is 25.1 Å². The molecule has 1 fully saturated rings. The molecule has 0 unspecified atom stereocenters. The van der Waals surface area contributed by atoms with E-state index in [1.807, 2.05) is 0 Å². The zero-order chi connectivity index (χ0) is 26.6. The lowest BCUT2D eigenvalue weighted by molar-refractivity contribution is -0.148. The number of benzene rings is 1. The molecule has 3 rings (SSSR count). The van der Waals surface area contributed by atoms with E-state index >= 15 is 0 Å². The van der Waals surface area contributed by atoms with Crippen LogP contribution in [0.25, 0.3) is 0 Å². The molecule has 0 bridgehead atoms. The van der Waals surface area contributed by atoms with Crippen molar-refractivity contribution in [3.8, 4) is 18.1 Å². The standard InChI is InChI=1S/C23H21F3N2O8/c1-4-9-34-17-10-19(36-18(17)12-35-13(2)29)27-11-16(23(24,25)26)21(31)28(22(27)32)20(30)14-5-7-15(33-3)8-6-14/h1,5-8,11,17-19H,9-10,12H2,2-3H3/t17-,18+,19+/m0/s1. The molecule has 3 atom stereocenters. The van der Waals surface area contributed by atoms with Crippen LogP contribution in [0.5, 0.6) is 5.75 Å². The summed E-state index contributed by atoms with van der Waals surface area (Å²) >= 11 is 0. The van der Waals surface area contributed by atoms with Crippen LogP contribution in [0.2, 0.25) is 0 Å². The molecule has 192 valence electrons. The van der Waals surface area contributed by atoms with E-state index in [1.54, 1.807) is 0 Å². The first-order valence-corrected chi connectivity index (χ1v) is 10.5. The van der Waals surface area contributed by atoms with Crippen molar-refractivity contribution >= 4 is 11.9 Å². The van der Waals surface area contributed by atoms with Gasteiger partial charge in [0.2, 0.25) is 0 Å². The number of terminal acetylenes is 1. The van der Waals surface area contributed by atoms with E-state index in [0.717, 1.165) is 6.92 Å². The summed E-state index contributed by atoms with van der Waals surface area (Å²) in [6, 6.07) is 5.08. The molecule has 1 aliphatic heterocycles. The summed E-state index contributed by atoms with van der Waals surface area (Å²) in [5.41, 5.74) is -5.17. The quantitative estimate of drug-likeness (QED) is 0.408. The predicted octanol–water partition coefficient (Wildman–Crippen LogP) is 1.59. The van der Waals surface area contributed by atoms with Gasteiger partial charge in [-0.3, -0.25) is 19.0 Å². The van der Waals surface area contributed by atoms with Crippen LogP contribution >= 0.6 is 0 Å². The number of aromatic nitrogens is 2. The summed E-state index contributed by atoms with van der Waals surface area (Å²) in [7, 11) is 1.36. The van der Waals surface area contributed by atoms with E-state index in [1.165, 1.54) is 31.4 Å². The molecule has 36 heavy (non-hydrogen) atoms. The average Bonchev–Trinajstić information content (AvgIpc) is 3.23. The van der Waals surface area contributed by atoms with Crippen LogP contribution in [0.15, 0.2) is 40.1 Å². The maximum atomic E-state index is 13.7. The Hall–Kier alpha value is -3.89. The minimum atomic E-state index is -5.19. The Labute approximate surface area is 202 Å². The molecule has 1 saturated heterocycles. The van der Waals surface area contributed by atoms with E-state index < -0.39 is 53.3 Å². The van der Waals surface area contributed by atoms with E-state index in [4.69, 9.17) is 25.4 Å². The van der Waals surface area contributed by atoms with Gasteiger partial charge in [0.15, 0.2) is 0 Å². The third kappa shape index (κ3) is 5.67. The highest BCUT2D eigenvalue weighted by Gasteiger charge is 2.42. The molecular formula is C23H21F3N2O8. The SMILES string of the molecule is C#CCO[C@H]1C[C@H](n2cc(C(F)(F)F)c(=O)n(C(=O)c3ccc(OC)cc3)c2=O)O[C@@H]1COC(C)=O. The summed E-state index contributed by atoms with van der Waals surface area (Å²) in [4.78, 5) is 50.0. The number of ether oxygens (including phenoxy) is 4. The molecule has 10 nitrogen and oxygen atoms in total. The third-order valence-corrected chi connectivity index (χ3v) is 5.28. The number of methoxy groups -OCH3 is 1. The van der Waals surface area contributed by atoms with E-state index in [-0.39, 0.29) is 29.8 Å².